The number of nitrogens with one attached hydrogen (secondary N) is 1. The Morgan fingerprint density at radius 3 is 2.52 bits per heavy atom. The number of methoxy groups -OCH3 is 1. The molecule has 0 aliphatic rings. The topological polar surface area (TPSA) is 103 Å². The maximum atomic E-state index is 12.2. The van der Waals surface area contributed by atoms with E-state index in [0.717, 1.165) is 17.6 Å². The minimum Gasteiger partial charge on any atom is -0.497 e. The Labute approximate surface area is 144 Å². The lowest BCUT2D eigenvalue weighted by molar-refractivity contribution is 0.414. The van der Waals surface area contributed by atoms with Gasteiger partial charge < -0.3 is 10.2 Å². The predicted octanol–water partition coefficient (Wildman–Crippen LogP) is 0.947. The fraction of sp³-hybridized carbons (Fsp3) is 0.188. The second-order valence-electron chi connectivity index (χ2n) is 5.39. The van der Waals surface area contributed by atoms with E-state index in [-0.39, 0.29) is 16.4 Å². The van der Waals surface area contributed by atoms with E-state index in [1.165, 1.54) is 16.9 Å². The molecule has 1 aromatic carbocycles. The zero-order chi connectivity index (χ0) is 18.0. The molecule has 0 spiro atoms. The molecule has 0 aliphatic carbocycles. The van der Waals surface area contributed by atoms with Gasteiger partial charge in [0.2, 0.25) is 15.0 Å². The maximum Gasteiger partial charge on any atom is 0.270 e. The van der Waals surface area contributed by atoms with Crippen LogP contribution in [0.4, 0.5) is 0 Å². The zero-order valence-electron chi connectivity index (χ0n) is 13.6. The minimum absolute atomic E-state index is 0.205. The molecule has 0 unspecified atom stereocenters. The van der Waals surface area contributed by atoms with Crippen LogP contribution in [0.15, 0.2) is 52.5 Å². The van der Waals surface area contributed by atoms with Gasteiger partial charge in [-0.15, -0.1) is 0 Å². The van der Waals surface area contributed by atoms with E-state index < -0.39 is 9.84 Å². The molecule has 2 aromatic heterocycles. The quantitative estimate of drug-likeness (QED) is 0.676. The summed E-state index contributed by atoms with van der Waals surface area (Å²) in [5.41, 5.74) is 3.74. The number of sulfone groups is 1. The van der Waals surface area contributed by atoms with E-state index in [1.54, 1.807) is 13.2 Å². The monoisotopic (exact) mass is 360 g/mol. The summed E-state index contributed by atoms with van der Waals surface area (Å²) in [6, 6.07) is 10.3. The first-order chi connectivity index (χ1) is 11.9. The predicted molar refractivity (Wildman–Crippen MR) is 93.0 cm³/mol. The fourth-order valence-electron chi connectivity index (χ4n) is 2.25. The summed E-state index contributed by atoms with van der Waals surface area (Å²) in [6.45, 7) is 0.348. The number of pyridine rings is 1. The van der Waals surface area contributed by atoms with Crippen LogP contribution in [-0.2, 0) is 16.4 Å². The van der Waals surface area contributed by atoms with Gasteiger partial charge in [0.05, 0.1) is 13.7 Å². The molecule has 0 amide bonds. The zero-order valence-corrected chi connectivity index (χ0v) is 14.4. The molecule has 130 valence electrons. The van der Waals surface area contributed by atoms with Gasteiger partial charge in [-0.25, -0.2) is 18.1 Å². The highest BCUT2D eigenvalue weighted by Gasteiger charge is 2.14. The van der Waals surface area contributed by atoms with Crippen molar-refractivity contribution >= 4 is 20.9 Å². The van der Waals surface area contributed by atoms with E-state index in [0.29, 0.717) is 11.9 Å². The van der Waals surface area contributed by atoms with E-state index in [4.69, 9.17) is 4.74 Å². The van der Waals surface area contributed by atoms with Crippen LogP contribution in [0, 0.1) is 0 Å². The number of fused-ring (bicyclic) bond motifs is 1. The number of aromatic nitrogens is 3. The molecule has 9 heteroatoms. The first-order valence-corrected chi connectivity index (χ1v) is 9.23. The van der Waals surface area contributed by atoms with Crippen LogP contribution in [0.3, 0.4) is 0 Å². The molecule has 0 saturated heterocycles. The lowest BCUT2D eigenvalue weighted by atomic mass is 10.2. The number of rotatable bonds is 5. The highest BCUT2D eigenvalue weighted by atomic mass is 32.2. The normalized spacial score (nSPS) is 11.4. The molecule has 0 radical (unpaired) electrons. The lowest BCUT2D eigenvalue weighted by Gasteiger charge is -2.12. The highest BCUT2D eigenvalue weighted by molar-refractivity contribution is 7.90. The molecule has 0 atom stereocenters. The van der Waals surface area contributed by atoms with Gasteiger partial charge in [0.25, 0.3) is 5.56 Å². The van der Waals surface area contributed by atoms with E-state index in [9.17, 15) is 13.2 Å². The van der Waals surface area contributed by atoms with Crippen molar-refractivity contribution in [2.24, 2.45) is 0 Å². The second-order valence-corrected chi connectivity index (χ2v) is 7.30. The van der Waals surface area contributed by atoms with Crippen molar-refractivity contribution < 1.29 is 13.2 Å². The molecule has 3 aromatic rings. The number of hydrogen-bond donors (Lipinski definition) is 1. The van der Waals surface area contributed by atoms with E-state index in [1.807, 2.05) is 24.3 Å². The summed E-state index contributed by atoms with van der Waals surface area (Å²) in [6.07, 6.45) is 2.40. The van der Waals surface area contributed by atoms with Crippen molar-refractivity contribution in [3.8, 4) is 5.75 Å². The van der Waals surface area contributed by atoms with Gasteiger partial charge in [0.1, 0.15) is 5.75 Å². The smallest absolute Gasteiger partial charge is 0.270 e. The largest absolute Gasteiger partial charge is 0.497 e. The summed E-state index contributed by atoms with van der Waals surface area (Å²) in [5.74, 6) is 0.733. The van der Waals surface area contributed by atoms with Gasteiger partial charge in [0, 0.05) is 23.9 Å². The number of ether oxygens (including phenoxy) is 1. The van der Waals surface area contributed by atoms with Crippen molar-refractivity contribution in [3.63, 3.8) is 0 Å². The number of benzene rings is 1. The van der Waals surface area contributed by atoms with Crippen LogP contribution in [-0.4, -0.2) is 36.4 Å². The van der Waals surface area contributed by atoms with Crippen molar-refractivity contribution in [2.75, 3.05) is 18.8 Å². The van der Waals surface area contributed by atoms with Gasteiger partial charge >= 0.3 is 0 Å². The third-order valence-corrected chi connectivity index (χ3v) is 4.40. The first-order valence-electron chi connectivity index (χ1n) is 7.34. The summed E-state index contributed by atoms with van der Waals surface area (Å²) in [5, 5.41) is 0.222. The first kappa shape index (κ1) is 16.9. The van der Waals surface area contributed by atoms with Crippen molar-refractivity contribution in [1.82, 2.24) is 14.6 Å². The Bertz CT molecular complexity index is 1080. The van der Waals surface area contributed by atoms with Crippen LogP contribution in [0.5, 0.6) is 5.75 Å². The molecule has 0 fully saturated rings. The van der Waals surface area contributed by atoms with Crippen LogP contribution >= 0.6 is 0 Å². The van der Waals surface area contributed by atoms with Gasteiger partial charge in [0.15, 0.2) is 5.65 Å². The Hall–Kier alpha value is -2.94. The highest BCUT2D eigenvalue weighted by Crippen LogP contribution is 2.13. The molecule has 8 nitrogen and oxygen atoms in total. The third-order valence-electron chi connectivity index (χ3n) is 3.54. The van der Waals surface area contributed by atoms with Crippen molar-refractivity contribution in [1.29, 1.82) is 0 Å². The standard InChI is InChI=1S/C16H16N4O4S/c1-24-13-6-3-11(4-7-13)9-18-20-14(21)8-5-12-10-17-16(19-15(12)20)25(2,22)23/h3-8,10,18H,9H2,1-2H3. The Balaban J connectivity index is 1.98. The Morgan fingerprint density at radius 1 is 1.16 bits per heavy atom. The fourth-order valence-corrected chi connectivity index (χ4v) is 2.74. The van der Waals surface area contributed by atoms with Gasteiger partial charge in [-0.1, -0.05) is 12.1 Å². The molecule has 25 heavy (non-hydrogen) atoms. The Morgan fingerprint density at radius 2 is 1.88 bits per heavy atom. The molecule has 0 bridgehead atoms. The summed E-state index contributed by atoms with van der Waals surface area (Å²) in [4.78, 5) is 20.0. The van der Waals surface area contributed by atoms with Crippen LogP contribution in [0.1, 0.15) is 5.56 Å². The van der Waals surface area contributed by atoms with Crippen LogP contribution < -0.4 is 15.7 Å². The number of nitrogens with zero attached hydrogens (tertiary/aromatic N) is 3. The van der Waals surface area contributed by atoms with Crippen molar-refractivity contribution in [3.05, 3.63) is 58.5 Å². The maximum absolute atomic E-state index is 12.2. The molecule has 0 aliphatic heterocycles. The van der Waals surface area contributed by atoms with Gasteiger partial charge in [-0.05, 0) is 23.8 Å². The SMILES string of the molecule is COc1ccc(CNn2c(=O)ccc3cnc(S(C)(=O)=O)nc32)cc1. The van der Waals surface area contributed by atoms with Crippen LogP contribution in [0.25, 0.3) is 11.0 Å². The number of hydrogen-bond acceptors (Lipinski definition) is 7. The summed E-state index contributed by atoms with van der Waals surface area (Å²) < 4.78 is 29.7. The molecule has 2 heterocycles. The van der Waals surface area contributed by atoms with Gasteiger partial charge in [-0.3, -0.25) is 4.79 Å². The average Bonchev–Trinajstić information content (AvgIpc) is 2.60. The average molecular weight is 360 g/mol. The Kier molecular flexibility index (Phi) is 4.41. The molecular weight excluding hydrogens is 344 g/mol. The minimum atomic E-state index is -3.58. The summed E-state index contributed by atoms with van der Waals surface area (Å²) >= 11 is 0. The molecule has 0 saturated carbocycles. The lowest BCUT2D eigenvalue weighted by Crippen LogP contribution is -2.29. The van der Waals surface area contributed by atoms with E-state index in [2.05, 4.69) is 15.4 Å². The molecular formula is C16H16N4O4S. The van der Waals surface area contributed by atoms with Crippen molar-refractivity contribution in [2.45, 2.75) is 11.7 Å². The summed E-state index contributed by atoms with van der Waals surface area (Å²) in [7, 11) is -1.99. The van der Waals surface area contributed by atoms with Gasteiger partial charge in [-0.2, -0.15) is 4.98 Å². The second kappa shape index (κ2) is 6.52. The molecule has 1 N–H and O–H groups in total. The molecule has 3 rings (SSSR count). The van der Waals surface area contributed by atoms with E-state index >= 15 is 0 Å². The third kappa shape index (κ3) is 3.61. The van der Waals surface area contributed by atoms with Crippen LogP contribution in [0.2, 0.25) is 0 Å².